The van der Waals surface area contributed by atoms with E-state index < -0.39 is 0 Å². The first-order valence-electron chi connectivity index (χ1n) is 5.53. The zero-order valence-electron chi connectivity index (χ0n) is 10.5. The Bertz CT molecular complexity index is 350. The third kappa shape index (κ3) is 3.53. The number of allylic oxidation sites excluding steroid dienone is 2. The molecule has 0 fully saturated rings. The van der Waals surface area contributed by atoms with E-state index in [0.717, 1.165) is 24.5 Å². The average Bonchev–Trinajstić information content (AvgIpc) is 2.53. The van der Waals surface area contributed by atoms with E-state index in [9.17, 15) is 0 Å². The van der Waals surface area contributed by atoms with Crippen LogP contribution in [0.25, 0.3) is 0 Å². The van der Waals surface area contributed by atoms with E-state index in [1.54, 1.807) is 7.05 Å². The summed E-state index contributed by atoms with van der Waals surface area (Å²) in [7, 11) is 3.69. The van der Waals surface area contributed by atoms with Crippen LogP contribution in [0.3, 0.4) is 0 Å². The van der Waals surface area contributed by atoms with Crippen LogP contribution in [0.1, 0.15) is 26.7 Å². The summed E-state index contributed by atoms with van der Waals surface area (Å²) in [4.78, 5) is 8.49. The highest BCUT2D eigenvalue weighted by atomic mass is 15.5. The van der Waals surface area contributed by atoms with E-state index >= 15 is 0 Å². The summed E-state index contributed by atoms with van der Waals surface area (Å²) in [6.45, 7) is 4.07. The average molecular weight is 220 g/mol. The van der Waals surface area contributed by atoms with Crippen molar-refractivity contribution in [3.63, 3.8) is 0 Å². The molecule has 0 saturated heterocycles. The highest BCUT2D eigenvalue weighted by molar-refractivity contribution is 5.95. The second kappa shape index (κ2) is 6.10. The number of hydrazine groups is 1. The van der Waals surface area contributed by atoms with Gasteiger partial charge in [-0.05, 0) is 31.4 Å². The minimum atomic E-state index is 0.863. The number of aliphatic imine (C=N–C) groups is 2. The van der Waals surface area contributed by atoms with Crippen molar-refractivity contribution >= 4 is 11.7 Å². The molecule has 0 aromatic carbocycles. The predicted octanol–water partition coefficient (Wildman–Crippen LogP) is 2.12. The second-order valence-corrected chi connectivity index (χ2v) is 3.71. The van der Waals surface area contributed by atoms with Crippen molar-refractivity contribution in [1.82, 2.24) is 10.4 Å². The molecule has 0 aliphatic carbocycles. The molecule has 1 N–H and O–H groups in total. The quantitative estimate of drug-likeness (QED) is 0.418. The molecule has 1 heterocycles. The van der Waals surface area contributed by atoms with Crippen molar-refractivity contribution in [1.29, 1.82) is 0 Å². The number of nitrogens with zero attached hydrogens (tertiary/aromatic N) is 3. The minimum Gasteiger partial charge on any atom is -0.285 e. The third-order valence-corrected chi connectivity index (χ3v) is 2.49. The van der Waals surface area contributed by atoms with Crippen molar-refractivity contribution in [2.75, 3.05) is 14.1 Å². The van der Waals surface area contributed by atoms with Crippen LogP contribution >= 0.6 is 0 Å². The zero-order chi connectivity index (χ0) is 12.0. The summed E-state index contributed by atoms with van der Waals surface area (Å²) in [6, 6.07) is 0. The molecular formula is C12H20N4. The van der Waals surface area contributed by atoms with Gasteiger partial charge in [0, 0.05) is 20.3 Å². The fraction of sp³-hybridized carbons (Fsp3) is 0.500. The largest absolute Gasteiger partial charge is 0.285 e. The molecule has 0 unspecified atom stereocenters. The summed E-state index contributed by atoms with van der Waals surface area (Å²) in [6.07, 6.45) is 8.14. The van der Waals surface area contributed by atoms with Crippen LogP contribution in [-0.2, 0) is 0 Å². The minimum absolute atomic E-state index is 0.863. The van der Waals surface area contributed by atoms with Gasteiger partial charge in [-0.1, -0.05) is 13.0 Å². The Labute approximate surface area is 97.4 Å². The van der Waals surface area contributed by atoms with E-state index in [1.807, 2.05) is 31.3 Å². The molecule has 4 heteroatoms. The molecule has 0 amide bonds. The van der Waals surface area contributed by atoms with Gasteiger partial charge in [-0.15, -0.1) is 0 Å². The van der Waals surface area contributed by atoms with Gasteiger partial charge >= 0.3 is 0 Å². The van der Waals surface area contributed by atoms with Crippen molar-refractivity contribution in [3.05, 3.63) is 23.9 Å². The molecule has 0 aromatic heterocycles. The molecule has 0 bridgehead atoms. The molecule has 88 valence electrons. The van der Waals surface area contributed by atoms with Crippen LogP contribution in [0.2, 0.25) is 0 Å². The molecule has 0 spiro atoms. The normalized spacial score (nSPS) is 16.4. The number of hydrogen-bond acceptors (Lipinski definition) is 3. The highest BCUT2D eigenvalue weighted by Crippen LogP contribution is 2.10. The second-order valence-electron chi connectivity index (χ2n) is 3.71. The van der Waals surface area contributed by atoms with Crippen LogP contribution < -0.4 is 5.43 Å². The van der Waals surface area contributed by atoms with Crippen LogP contribution in [0.4, 0.5) is 0 Å². The van der Waals surface area contributed by atoms with E-state index in [2.05, 4.69) is 28.4 Å². The molecule has 0 atom stereocenters. The molecule has 16 heavy (non-hydrogen) atoms. The molecule has 1 rings (SSSR count). The van der Waals surface area contributed by atoms with Crippen molar-refractivity contribution in [2.45, 2.75) is 26.7 Å². The molecule has 4 nitrogen and oxygen atoms in total. The fourth-order valence-electron chi connectivity index (χ4n) is 1.35. The lowest BCUT2D eigenvalue weighted by molar-refractivity contribution is 0.457. The van der Waals surface area contributed by atoms with E-state index in [4.69, 9.17) is 0 Å². The number of amidine groups is 2. The lowest BCUT2D eigenvalue weighted by atomic mass is 10.1. The maximum absolute atomic E-state index is 4.44. The molecule has 0 radical (unpaired) electrons. The van der Waals surface area contributed by atoms with Crippen LogP contribution in [-0.4, -0.2) is 30.8 Å². The van der Waals surface area contributed by atoms with Gasteiger partial charge in [-0.25, -0.2) is 4.99 Å². The third-order valence-electron chi connectivity index (χ3n) is 2.49. The monoisotopic (exact) mass is 220 g/mol. The van der Waals surface area contributed by atoms with Gasteiger partial charge in [0.2, 0.25) is 0 Å². The van der Waals surface area contributed by atoms with E-state index in [0.29, 0.717) is 0 Å². The molecule has 0 aromatic rings. The van der Waals surface area contributed by atoms with Gasteiger partial charge < -0.3 is 0 Å². The van der Waals surface area contributed by atoms with E-state index in [-0.39, 0.29) is 0 Å². The van der Waals surface area contributed by atoms with Gasteiger partial charge in [-0.3, -0.25) is 15.4 Å². The number of rotatable bonds is 1. The zero-order valence-corrected chi connectivity index (χ0v) is 10.5. The Hall–Kier alpha value is -1.58. The van der Waals surface area contributed by atoms with Gasteiger partial charge in [0.15, 0.2) is 0 Å². The first-order chi connectivity index (χ1) is 7.67. The topological polar surface area (TPSA) is 40.0 Å². The Morgan fingerprint density at radius 1 is 1.62 bits per heavy atom. The van der Waals surface area contributed by atoms with Crippen molar-refractivity contribution in [2.24, 2.45) is 9.98 Å². The maximum Gasteiger partial charge on any atom is 0.146 e. The maximum atomic E-state index is 4.44. The summed E-state index contributed by atoms with van der Waals surface area (Å²) >= 11 is 0. The van der Waals surface area contributed by atoms with Crippen molar-refractivity contribution in [3.8, 4) is 0 Å². The first-order valence-corrected chi connectivity index (χ1v) is 5.53. The van der Waals surface area contributed by atoms with Gasteiger partial charge in [0.05, 0.1) is 0 Å². The molecule has 1 aliphatic heterocycles. The summed E-state index contributed by atoms with van der Waals surface area (Å²) < 4.78 is 0. The van der Waals surface area contributed by atoms with E-state index in [1.165, 1.54) is 5.57 Å². The lowest BCUT2D eigenvalue weighted by Crippen LogP contribution is -2.41. The SMILES string of the molecule is CCC1=CN=C(N(C)NC(C)=NC)C=CC1. The lowest BCUT2D eigenvalue weighted by Gasteiger charge is -2.20. The van der Waals surface area contributed by atoms with Crippen LogP contribution in [0, 0.1) is 0 Å². The Morgan fingerprint density at radius 2 is 2.38 bits per heavy atom. The van der Waals surface area contributed by atoms with Crippen LogP contribution in [0.5, 0.6) is 0 Å². The number of hydrogen-bond donors (Lipinski definition) is 1. The molecular weight excluding hydrogens is 200 g/mol. The van der Waals surface area contributed by atoms with Gasteiger partial charge in [-0.2, -0.15) is 0 Å². The first kappa shape index (κ1) is 12.5. The highest BCUT2D eigenvalue weighted by Gasteiger charge is 2.04. The number of nitrogens with one attached hydrogen (secondary N) is 1. The van der Waals surface area contributed by atoms with Crippen molar-refractivity contribution < 1.29 is 0 Å². The Kier molecular flexibility index (Phi) is 4.76. The van der Waals surface area contributed by atoms with Crippen LogP contribution in [0.15, 0.2) is 33.9 Å². The summed E-state index contributed by atoms with van der Waals surface area (Å²) in [5, 5.41) is 1.87. The molecule has 1 aliphatic rings. The molecule has 0 saturated carbocycles. The number of likely N-dealkylation sites (N-methyl/N-ethyl adjacent to an activating group) is 1. The summed E-state index contributed by atoms with van der Waals surface area (Å²) in [5.74, 6) is 1.76. The smallest absolute Gasteiger partial charge is 0.146 e. The predicted molar refractivity (Wildman–Crippen MR) is 69.5 cm³/mol. The summed E-state index contributed by atoms with van der Waals surface area (Å²) in [5.41, 5.74) is 4.48. The fourth-order valence-corrected chi connectivity index (χ4v) is 1.35. The Morgan fingerprint density at radius 3 is 3.00 bits per heavy atom. The Balaban J connectivity index is 2.73. The van der Waals surface area contributed by atoms with Gasteiger partial charge in [0.25, 0.3) is 0 Å². The van der Waals surface area contributed by atoms with Gasteiger partial charge in [0.1, 0.15) is 11.7 Å². The standard InChI is InChI=1S/C12H20N4/c1-5-11-7-6-8-12(14-9-11)16(4)15-10(2)13-3/h6,8-9H,5,7H2,1-4H3,(H,13,15).